The molecule has 1 aliphatic carbocycles. The topological polar surface area (TPSA) is 71.1 Å². The molecule has 5 nitrogen and oxygen atoms in total. The number of hydrogen-bond donors (Lipinski definition) is 2. The maximum absolute atomic E-state index is 13.1. The zero-order chi connectivity index (χ0) is 22.4. The lowest BCUT2D eigenvalue weighted by Crippen LogP contribution is -2.37. The molecule has 0 saturated heterocycles. The molecule has 0 aliphatic heterocycles. The first-order valence-electron chi connectivity index (χ1n) is 10.8. The van der Waals surface area contributed by atoms with Gasteiger partial charge in [0.2, 0.25) is 5.91 Å². The summed E-state index contributed by atoms with van der Waals surface area (Å²) in [6.07, 6.45) is 5.17. The summed E-state index contributed by atoms with van der Waals surface area (Å²) in [5.74, 6) is 1.09. The third-order valence-electron chi connectivity index (χ3n) is 6.05. The minimum absolute atomic E-state index is 0.0398. The Balaban J connectivity index is 1.62. The standard InChI is InChI=1S/C25H30FN3O2/c1-16(2)22-13-19(14-24(30)29-23-6-4-5-11-27-23)17(3)12-20(22)15-28-25(31)18-7-9-21(26)10-8-18/h4-12,16,19-20,22H,13-15H2,1-3H3,(H,28,31)(H,27,29,30). The van der Waals surface area contributed by atoms with Crippen LogP contribution in [0.25, 0.3) is 0 Å². The number of carbonyl (C=O) groups excluding carboxylic acids is 2. The van der Waals surface area contributed by atoms with Crippen LogP contribution in [-0.4, -0.2) is 23.3 Å². The highest BCUT2D eigenvalue weighted by molar-refractivity contribution is 5.94. The molecule has 6 heteroatoms. The van der Waals surface area contributed by atoms with E-state index in [1.165, 1.54) is 29.8 Å². The van der Waals surface area contributed by atoms with Gasteiger partial charge in [0.1, 0.15) is 11.6 Å². The Bertz CT molecular complexity index is 926. The molecule has 0 bridgehead atoms. The van der Waals surface area contributed by atoms with Gasteiger partial charge in [-0.1, -0.05) is 31.6 Å². The van der Waals surface area contributed by atoms with E-state index in [1.807, 2.05) is 12.1 Å². The van der Waals surface area contributed by atoms with E-state index in [1.54, 1.807) is 12.3 Å². The normalized spacial score (nSPS) is 20.8. The van der Waals surface area contributed by atoms with E-state index in [2.05, 4.69) is 42.5 Å². The predicted molar refractivity (Wildman–Crippen MR) is 120 cm³/mol. The van der Waals surface area contributed by atoms with Gasteiger partial charge in [-0.3, -0.25) is 9.59 Å². The molecule has 3 atom stereocenters. The number of halogens is 1. The van der Waals surface area contributed by atoms with Crippen molar-refractivity contribution in [1.82, 2.24) is 10.3 Å². The van der Waals surface area contributed by atoms with Gasteiger partial charge in [0.15, 0.2) is 0 Å². The van der Waals surface area contributed by atoms with Gasteiger partial charge >= 0.3 is 0 Å². The maximum atomic E-state index is 13.1. The molecule has 1 aromatic heterocycles. The van der Waals surface area contributed by atoms with E-state index in [4.69, 9.17) is 0 Å². The molecule has 1 heterocycles. The third kappa shape index (κ3) is 6.23. The number of benzene rings is 1. The first-order valence-corrected chi connectivity index (χ1v) is 10.8. The molecule has 2 aromatic rings. The van der Waals surface area contributed by atoms with E-state index in [0.717, 1.165) is 6.42 Å². The Labute approximate surface area is 183 Å². The largest absolute Gasteiger partial charge is 0.351 e. The highest BCUT2D eigenvalue weighted by Gasteiger charge is 2.32. The third-order valence-corrected chi connectivity index (χ3v) is 6.05. The highest BCUT2D eigenvalue weighted by atomic mass is 19.1. The molecule has 1 aliphatic rings. The van der Waals surface area contributed by atoms with Crippen LogP contribution in [0.3, 0.4) is 0 Å². The number of carbonyl (C=O) groups is 2. The summed E-state index contributed by atoms with van der Waals surface area (Å²) in [4.78, 5) is 29.1. The van der Waals surface area contributed by atoms with Crippen molar-refractivity contribution in [3.63, 3.8) is 0 Å². The molecule has 0 saturated carbocycles. The summed E-state index contributed by atoms with van der Waals surface area (Å²) in [5, 5.41) is 5.85. The number of rotatable bonds is 7. The monoisotopic (exact) mass is 423 g/mol. The van der Waals surface area contributed by atoms with Crippen LogP contribution in [0.15, 0.2) is 60.3 Å². The first-order chi connectivity index (χ1) is 14.8. The number of allylic oxidation sites excluding steroid dienone is 1. The van der Waals surface area contributed by atoms with Crippen LogP contribution in [0, 0.1) is 29.5 Å². The van der Waals surface area contributed by atoms with Crippen molar-refractivity contribution in [3.8, 4) is 0 Å². The van der Waals surface area contributed by atoms with Crippen LogP contribution < -0.4 is 10.6 Å². The summed E-state index contributed by atoms with van der Waals surface area (Å²) < 4.78 is 13.1. The number of aromatic nitrogens is 1. The second-order valence-electron chi connectivity index (χ2n) is 8.60. The van der Waals surface area contributed by atoms with Crippen molar-refractivity contribution >= 4 is 17.6 Å². The lowest BCUT2D eigenvalue weighted by Gasteiger charge is -2.37. The Hall–Kier alpha value is -3.02. The smallest absolute Gasteiger partial charge is 0.251 e. The minimum atomic E-state index is -0.361. The Morgan fingerprint density at radius 3 is 2.55 bits per heavy atom. The molecule has 0 spiro atoms. The number of amides is 2. The van der Waals surface area contributed by atoms with Gasteiger partial charge in [-0.15, -0.1) is 0 Å². The van der Waals surface area contributed by atoms with Crippen molar-refractivity contribution in [3.05, 3.63) is 71.7 Å². The van der Waals surface area contributed by atoms with E-state index < -0.39 is 0 Å². The first kappa shape index (κ1) is 22.7. The van der Waals surface area contributed by atoms with Crippen molar-refractivity contribution in [2.45, 2.75) is 33.6 Å². The van der Waals surface area contributed by atoms with Crippen molar-refractivity contribution in [1.29, 1.82) is 0 Å². The summed E-state index contributed by atoms with van der Waals surface area (Å²) in [7, 11) is 0. The molecule has 0 radical (unpaired) electrons. The fraction of sp³-hybridized carbons (Fsp3) is 0.400. The summed E-state index contributed by atoms with van der Waals surface area (Å²) in [6, 6.07) is 11.0. The van der Waals surface area contributed by atoms with E-state index in [0.29, 0.717) is 36.2 Å². The molecule has 2 N–H and O–H groups in total. The molecule has 31 heavy (non-hydrogen) atoms. The van der Waals surface area contributed by atoms with Gasteiger partial charge in [0.05, 0.1) is 0 Å². The summed E-state index contributed by atoms with van der Waals surface area (Å²) >= 11 is 0. The number of nitrogens with one attached hydrogen (secondary N) is 2. The van der Waals surface area contributed by atoms with Gasteiger partial charge in [-0.05, 0) is 73.4 Å². The van der Waals surface area contributed by atoms with Crippen LogP contribution in [0.5, 0.6) is 0 Å². The van der Waals surface area contributed by atoms with Gasteiger partial charge < -0.3 is 10.6 Å². The van der Waals surface area contributed by atoms with Crippen LogP contribution in [0.4, 0.5) is 10.2 Å². The van der Waals surface area contributed by atoms with E-state index >= 15 is 0 Å². The minimum Gasteiger partial charge on any atom is -0.351 e. The maximum Gasteiger partial charge on any atom is 0.251 e. The fourth-order valence-corrected chi connectivity index (χ4v) is 4.28. The second-order valence-corrected chi connectivity index (χ2v) is 8.60. The summed E-state index contributed by atoms with van der Waals surface area (Å²) in [6.45, 7) is 6.94. The Morgan fingerprint density at radius 1 is 1.16 bits per heavy atom. The van der Waals surface area contributed by atoms with E-state index in [9.17, 15) is 14.0 Å². The molecular formula is C25H30FN3O2. The average molecular weight is 424 g/mol. The lowest BCUT2D eigenvalue weighted by atomic mass is 9.69. The second kappa shape index (κ2) is 10.3. The van der Waals surface area contributed by atoms with Crippen molar-refractivity contribution in [2.24, 2.45) is 23.7 Å². The van der Waals surface area contributed by atoms with Gasteiger partial charge in [-0.25, -0.2) is 9.37 Å². The van der Waals surface area contributed by atoms with Crippen molar-refractivity contribution in [2.75, 3.05) is 11.9 Å². The molecular weight excluding hydrogens is 393 g/mol. The molecule has 164 valence electrons. The lowest BCUT2D eigenvalue weighted by molar-refractivity contribution is -0.117. The van der Waals surface area contributed by atoms with Crippen LogP contribution in [0.2, 0.25) is 0 Å². The number of nitrogens with zero attached hydrogens (tertiary/aromatic N) is 1. The van der Waals surface area contributed by atoms with Crippen LogP contribution in [-0.2, 0) is 4.79 Å². The Kier molecular flexibility index (Phi) is 7.55. The van der Waals surface area contributed by atoms with Gasteiger partial charge in [0, 0.05) is 24.7 Å². The zero-order valence-electron chi connectivity index (χ0n) is 18.3. The molecule has 1 aromatic carbocycles. The quantitative estimate of drug-likeness (QED) is 0.627. The highest BCUT2D eigenvalue weighted by Crippen LogP contribution is 2.38. The van der Waals surface area contributed by atoms with Crippen LogP contribution in [0.1, 0.15) is 44.0 Å². The number of hydrogen-bond acceptors (Lipinski definition) is 3. The fourth-order valence-electron chi connectivity index (χ4n) is 4.28. The molecule has 3 unspecified atom stereocenters. The van der Waals surface area contributed by atoms with Crippen molar-refractivity contribution < 1.29 is 14.0 Å². The predicted octanol–water partition coefficient (Wildman–Crippen LogP) is 4.83. The molecule has 3 rings (SSSR count). The number of anilines is 1. The van der Waals surface area contributed by atoms with Gasteiger partial charge in [-0.2, -0.15) is 0 Å². The Morgan fingerprint density at radius 2 is 1.90 bits per heavy atom. The molecule has 2 amide bonds. The van der Waals surface area contributed by atoms with Crippen LogP contribution >= 0.6 is 0 Å². The van der Waals surface area contributed by atoms with Gasteiger partial charge in [0.25, 0.3) is 5.91 Å². The zero-order valence-corrected chi connectivity index (χ0v) is 18.3. The summed E-state index contributed by atoms with van der Waals surface area (Å²) in [5.41, 5.74) is 1.62. The SMILES string of the molecule is CC1=CC(CNC(=O)c2ccc(F)cc2)C(C(C)C)CC1CC(=O)Nc1ccccn1. The number of pyridine rings is 1. The molecule has 0 fully saturated rings. The van der Waals surface area contributed by atoms with E-state index in [-0.39, 0.29) is 29.5 Å². The average Bonchev–Trinajstić information content (AvgIpc) is 2.74.